The number of hydrogen-bond donors (Lipinski definition) is 0. The molecule has 0 spiro atoms. The van der Waals surface area contributed by atoms with Crippen molar-refractivity contribution < 1.29 is 0 Å². The fourth-order valence-electron chi connectivity index (χ4n) is 1.66. The maximum absolute atomic E-state index is 3.99. The van der Waals surface area contributed by atoms with Crippen LogP contribution in [0.2, 0.25) is 0 Å². The largest absolute Gasteiger partial charge is 0.299 e. The Morgan fingerprint density at radius 3 is 2.32 bits per heavy atom. The molecule has 0 saturated carbocycles. The third-order valence-corrected chi connectivity index (χ3v) is 2.50. The maximum atomic E-state index is 3.99. The molecule has 0 aliphatic carbocycles. The van der Waals surface area contributed by atoms with Gasteiger partial charge in [0.25, 0.3) is 0 Å². The molecule has 0 aliphatic heterocycles. The van der Waals surface area contributed by atoms with E-state index in [2.05, 4.69) is 31.1 Å². The lowest BCUT2D eigenvalue weighted by atomic mass is 10.3. The van der Waals surface area contributed by atoms with Crippen LogP contribution < -0.4 is 5.01 Å². The zero-order valence-electron chi connectivity index (χ0n) is 10.4. The molecule has 96 valence electrons. The zero-order chi connectivity index (χ0) is 13.2. The lowest BCUT2D eigenvalue weighted by Gasteiger charge is -2.12. The number of hydrogen-bond acceptors (Lipinski definition) is 7. The minimum absolute atomic E-state index is 0.471. The molecular formula is C10H11N9. The molecule has 9 heteroatoms. The minimum atomic E-state index is 0.471. The first-order valence-corrected chi connectivity index (χ1v) is 5.57. The van der Waals surface area contributed by atoms with Gasteiger partial charge < -0.3 is 0 Å². The summed E-state index contributed by atoms with van der Waals surface area (Å²) in [6, 6.07) is 9.57. The molecule has 0 saturated heterocycles. The van der Waals surface area contributed by atoms with Gasteiger partial charge in [0, 0.05) is 14.1 Å². The molecule has 1 aromatic carbocycles. The van der Waals surface area contributed by atoms with Gasteiger partial charge in [0.15, 0.2) is 0 Å². The van der Waals surface area contributed by atoms with Crippen LogP contribution in [0.25, 0.3) is 17.3 Å². The Morgan fingerprint density at radius 2 is 1.58 bits per heavy atom. The second-order valence-corrected chi connectivity index (χ2v) is 3.99. The average Bonchev–Trinajstić information content (AvgIpc) is 3.08. The van der Waals surface area contributed by atoms with Gasteiger partial charge in [-0.3, -0.25) is 5.01 Å². The molecule has 19 heavy (non-hydrogen) atoms. The summed E-state index contributed by atoms with van der Waals surface area (Å²) in [5.74, 6) is 0.948. The summed E-state index contributed by atoms with van der Waals surface area (Å²) < 4.78 is 1.59. The summed E-state index contributed by atoms with van der Waals surface area (Å²) in [4.78, 5) is 1.52. The van der Waals surface area contributed by atoms with Gasteiger partial charge in [0.2, 0.25) is 11.6 Å². The molecular weight excluding hydrogens is 246 g/mol. The summed E-state index contributed by atoms with van der Waals surface area (Å²) in [6.45, 7) is 0. The van der Waals surface area contributed by atoms with Crippen molar-refractivity contribution in [3.8, 4) is 17.3 Å². The van der Waals surface area contributed by atoms with E-state index in [0.29, 0.717) is 11.6 Å². The summed E-state index contributed by atoms with van der Waals surface area (Å²) in [6.07, 6.45) is 0. The number of aromatic nitrogens is 8. The number of para-hydroxylation sites is 1. The van der Waals surface area contributed by atoms with Crippen LogP contribution in [0.4, 0.5) is 0 Å². The molecule has 2 aromatic heterocycles. The van der Waals surface area contributed by atoms with Gasteiger partial charge in [-0.1, -0.05) is 18.2 Å². The minimum Gasteiger partial charge on any atom is -0.299 e. The number of nitrogens with zero attached hydrogens (tertiary/aromatic N) is 9. The van der Waals surface area contributed by atoms with E-state index in [1.807, 2.05) is 44.4 Å². The fraction of sp³-hybridized carbons (Fsp3) is 0.200. The summed E-state index contributed by atoms with van der Waals surface area (Å²) >= 11 is 0. The molecule has 3 rings (SSSR count). The highest BCUT2D eigenvalue weighted by molar-refractivity contribution is 5.47. The molecule has 2 heterocycles. The van der Waals surface area contributed by atoms with E-state index in [9.17, 15) is 0 Å². The van der Waals surface area contributed by atoms with Crippen molar-refractivity contribution in [3.05, 3.63) is 30.3 Å². The summed E-state index contributed by atoms with van der Waals surface area (Å²) in [5, 5.41) is 24.9. The van der Waals surface area contributed by atoms with Gasteiger partial charge >= 0.3 is 0 Å². The molecule has 0 fully saturated rings. The molecule has 0 aliphatic rings. The highest BCUT2D eigenvalue weighted by Gasteiger charge is 2.18. The smallest absolute Gasteiger partial charge is 0.243 e. The molecule has 0 amide bonds. The number of benzene rings is 1. The Morgan fingerprint density at radius 1 is 0.895 bits per heavy atom. The lowest BCUT2D eigenvalue weighted by molar-refractivity contribution is 0.611. The monoisotopic (exact) mass is 257 g/mol. The van der Waals surface area contributed by atoms with Crippen molar-refractivity contribution >= 4 is 0 Å². The molecule has 0 unspecified atom stereocenters. The Balaban J connectivity index is 2.13. The van der Waals surface area contributed by atoms with Gasteiger partial charge in [0.1, 0.15) is 0 Å². The van der Waals surface area contributed by atoms with Crippen molar-refractivity contribution in [1.82, 2.24) is 40.5 Å². The first kappa shape index (κ1) is 11.3. The number of rotatable bonds is 3. The molecule has 0 atom stereocenters. The first-order chi connectivity index (χ1) is 9.27. The highest BCUT2D eigenvalue weighted by Crippen LogP contribution is 2.15. The quantitative estimate of drug-likeness (QED) is 0.625. The Kier molecular flexibility index (Phi) is 2.63. The Labute approximate surface area is 108 Å². The van der Waals surface area contributed by atoms with Crippen LogP contribution in [0.5, 0.6) is 0 Å². The van der Waals surface area contributed by atoms with Crippen molar-refractivity contribution in [2.24, 2.45) is 0 Å². The first-order valence-electron chi connectivity index (χ1n) is 5.57. The maximum Gasteiger partial charge on any atom is 0.243 e. The van der Waals surface area contributed by atoms with Crippen LogP contribution in [0.3, 0.4) is 0 Å². The molecule has 3 aromatic rings. The van der Waals surface area contributed by atoms with E-state index in [1.54, 1.807) is 9.69 Å². The third kappa shape index (κ3) is 1.90. The molecule has 0 N–H and O–H groups in total. The van der Waals surface area contributed by atoms with Crippen molar-refractivity contribution in [2.45, 2.75) is 0 Å². The van der Waals surface area contributed by atoms with Gasteiger partial charge in [-0.2, -0.15) is 4.68 Å². The van der Waals surface area contributed by atoms with E-state index in [0.717, 1.165) is 5.69 Å². The zero-order valence-corrected chi connectivity index (χ0v) is 10.4. The normalized spacial score (nSPS) is 10.6. The number of tetrazole rings is 2. The van der Waals surface area contributed by atoms with Crippen molar-refractivity contribution in [1.29, 1.82) is 0 Å². The second kappa shape index (κ2) is 4.44. The van der Waals surface area contributed by atoms with E-state index in [-0.39, 0.29) is 0 Å². The van der Waals surface area contributed by atoms with Crippen LogP contribution in [-0.2, 0) is 0 Å². The highest BCUT2D eigenvalue weighted by atomic mass is 15.7. The second-order valence-electron chi connectivity index (χ2n) is 3.99. The average molecular weight is 257 g/mol. The van der Waals surface area contributed by atoms with Crippen LogP contribution in [-0.4, -0.2) is 54.6 Å². The van der Waals surface area contributed by atoms with Gasteiger partial charge in [0.05, 0.1) is 5.69 Å². The Bertz CT molecular complexity index is 669. The van der Waals surface area contributed by atoms with Crippen molar-refractivity contribution in [3.63, 3.8) is 0 Å². The molecule has 0 bridgehead atoms. The van der Waals surface area contributed by atoms with Gasteiger partial charge in [-0.05, 0) is 33.0 Å². The van der Waals surface area contributed by atoms with Crippen LogP contribution >= 0.6 is 0 Å². The summed E-state index contributed by atoms with van der Waals surface area (Å²) in [5.41, 5.74) is 0.843. The SMILES string of the molecule is CN(C)n1nnnc1-c1nnnn1-c1ccccc1. The topological polar surface area (TPSA) is 90.4 Å². The van der Waals surface area contributed by atoms with Gasteiger partial charge in [-0.25, -0.2) is 0 Å². The van der Waals surface area contributed by atoms with E-state index in [1.165, 1.54) is 4.79 Å². The predicted molar refractivity (Wildman–Crippen MR) is 66.0 cm³/mol. The summed E-state index contributed by atoms with van der Waals surface area (Å²) in [7, 11) is 3.66. The molecule has 9 nitrogen and oxygen atoms in total. The van der Waals surface area contributed by atoms with E-state index >= 15 is 0 Å². The van der Waals surface area contributed by atoms with Gasteiger partial charge in [-0.15, -0.1) is 15.0 Å². The van der Waals surface area contributed by atoms with E-state index < -0.39 is 0 Å². The van der Waals surface area contributed by atoms with Crippen molar-refractivity contribution in [2.75, 3.05) is 19.1 Å². The Hall–Kier alpha value is -2.84. The molecule has 0 radical (unpaired) electrons. The third-order valence-electron chi connectivity index (χ3n) is 2.50. The lowest BCUT2D eigenvalue weighted by Crippen LogP contribution is -2.27. The van der Waals surface area contributed by atoms with Crippen LogP contribution in [0.1, 0.15) is 0 Å². The predicted octanol–water partition coefficient (Wildman–Crippen LogP) is -0.487. The standard InChI is InChI=1S/C10H11N9/c1-17(2)19-10(12-14-16-19)9-11-13-15-18(9)8-6-4-3-5-7-8/h3-7H,1-2H3. The van der Waals surface area contributed by atoms with Crippen LogP contribution in [0.15, 0.2) is 30.3 Å². The fourth-order valence-corrected chi connectivity index (χ4v) is 1.66. The van der Waals surface area contributed by atoms with Crippen LogP contribution in [0, 0.1) is 0 Å². The van der Waals surface area contributed by atoms with E-state index in [4.69, 9.17) is 0 Å².